The van der Waals surface area contributed by atoms with Gasteiger partial charge in [-0.3, -0.25) is 0 Å². The van der Waals surface area contributed by atoms with Crippen LogP contribution in [0.5, 0.6) is 0 Å². The van der Waals surface area contributed by atoms with E-state index in [-0.39, 0.29) is 0 Å². The van der Waals surface area contributed by atoms with E-state index in [1.165, 1.54) is 45.4 Å². The second kappa shape index (κ2) is 3.58. The highest BCUT2D eigenvalue weighted by Crippen LogP contribution is 2.40. The van der Waals surface area contributed by atoms with Gasteiger partial charge in [-0.2, -0.15) is 0 Å². The first-order valence-corrected chi connectivity index (χ1v) is 5.72. The number of hydrogen-bond acceptors (Lipinski definition) is 2. The fraction of sp³-hybridized carbons (Fsp3) is 1.00. The summed E-state index contributed by atoms with van der Waals surface area (Å²) in [5.74, 6) is 0.958. The van der Waals surface area contributed by atoms with Crippen molar-refractivity contribution in [2.75, 3.05) is 26.2 Å². The van der Waals surface area contributed by atoms with Crippen molar-refractivity contribution >= 4 is 0 Å². The van der Waals surface area contributed by atoms with E-state index < -0.39 is 0 Å². The van der Waals surface area contributed by atoms with Gasteiger partial charge in [-0.1, -0.05) is 6.92 Å². The number of nitrogens with one attached hydrogen (secondary N) is 1. The van der Waals surface area contributed by atoms with Crippen LogP contribution in [-0.2, 0) is 0 Å². The monoisotopic (exact) mass is 182 g/mol. The van der Waals surface area contributed by atoms with Crippen molar-refractivity contribution in [2.24, 2.45) is 5.92 Å². The van der Waals surface area contributed by atoms with Gasteiger partial charge in [0.2, 0.25) is 0 Å². The lowest BCUT2D eigenvalue weighted by molar-refractivity contribution is 0.209. The van der Waals surface area contributed by atoms with E-state index in [4.69, 9.17) is 0 Å². The molecule has 0 aromatic heterocycles. The average Bonchev–Trinajstić information content (AvgIpc) is 2.89. The smallest absolute Gasteiger partial charge is 0.0308 e. The molecule has 2 aliphatic rings. The summed E-state index contributed by atoms with van der Waals surface area (Å²) in [7, 11) is 0. The second-order valence-corrected chi connectivity index (χ2v) is 4.84. The Balaban J connectivity index is 2.00. The van der Waals surface area contributed by atoms with Crippen LogP contribution in [0.4, 0.5) is 0 Å². The summed E-state index contributed by atoms with van der Waals surface area (Å²) in [4.78, 5) is 2.60. The Kier molecular flexibility index (Phi) is 2.61. The highest BCUT2D eigenvalue weighted by molar-refractivity contribution is 5.00. The van der Waals surface area contributed by atoms with Crippen LogP contribution >= 0.6 is 0 Å². The van der Waals surface area contributed by atoms with Gasteiger partial charge in [-0.15, -0.1) is 0 Å². The zero-order valence-electron chi connectivity index (χ0n) is 8.97. The molecule has 0 aromatic carbocycles. The summed E-state index contributed by atoms with van der Waals surface area (Å²) in [6.07, 6.45) is 4.21. The molecule has 1 heterocycles. The first kappa shape index (κ1) is 9.47. The van der Waals surface area contributed by atoms with Crippen molar-refractivity contribution in [3.63, 3.8) is 0 Å². The van der Waals surface area contributed by atoms with E-state index in [0.29, 0.717) is 5.54 Å². The fourth-order valence-electron chi connectivity index (χ4n) is 2.54. The number of rotatable bonds is 2. The summed E-state index contributed by atoms with van der Waals surface area (Å²) in [6, 6.07) is 0. The number of nitrogens with zero attached hydrogens (tertiary/aromatic N) is 1. The predicted octanol–water partition coefficient (Wildman–Crippen LogP) is 1.47. The average molecular weight is 182 g/mol. The van der Waals surface area contributed by atoms with Gasteiger partial charge in [0.25, 0.3) is 0 Å². The van der Waals surface area contributed by atoms with Gasteiger partial charge >= 0.3 is 0 Å². The molecule has 2 rings (SSSR count). The van der Waals surface area contributed by atoms with Crippen LogP contribution in [-0.4, -0.2) is 36.6 Å². The quantitative estimate of drug-likeness (QED) is 0.695. The Bertz CT molecular complexity index is 177. The second-order valence-electron chi connectivity index (χ2n) is 4.84. The lowest BCUT2D eigenvalue weighted by Crippen LogP contribution is -2.50. The van der Waals surface area contributed by atoms with Crippen LogP contribution in [0.3, 0.4) is 0 Å². The molecule has 1 aliphatic heterocycles. The maximum Gasteiger partial charge on any atom is 0.0308 e. The third-order valence-electron chi connectivity index (χ3n) is 3.66. The van der Waals surface area contributed by atoms with Crippen molar-refractivity contribution in [2.45, 2.75) is 38.6 Å². The van der Waals surface area contributed by atoms with Crippen LogP contribution in [0.15, 0.2) is 0 Å². The van der Waals surface area contributed by atoms with E-state index in [1.54, 1.807) is 0 Å². The van der Waals surface area contributed by atoms with Crippen molar-refractivity contribution < 1.29 is 0 Å². The minimum absolute atomic E-state index is 0.423. The Hall–Kier alpha value is -0.0800. The van der Waals surface area contributed by atoms with Crippen molar-refractivity contribution in [1.82, 2.24) is 10.2 Å². The summed E-state index contributed by atoms with van der Waals surface area (Å²) in [5.41, 5.74) is 0.423. The predicted molar refractivity (Wildman–Crippen MR) is 55.9 cm³/mol. The highest BCUT2D eigenvalue weighted by atomic mass is 15.2. The molecular formula is C11H22N2. The Morgan fingerprint density at radius 3 is 2.85 bits per heavy atom. The molecule has 0 bridgehead atoms. The maximum atomic E-state index is 3.74. The number of likely N-dealkylation sites (N-methyl/N-ethyl adjacent to an activating group) is 1. The van der Waals surface area contributed by atoms with Gasteiger partial charge in [0.15, 0.2) is 0 Å². The van der Waals surface area contributed by atoms with Gasteiger partial charge < -0.3 is 10.2 Å². The topological polar surface area (TPSA) is 15.3 Å². The van der Waals surface area contributed by atoms with Crippen molar-refractivity contribution in [3.05, 3.63) is 0 Å². The van der Waals surface area contributed by atoms with E-state index >= 15 is 0 Å². The molecular weight excluding hydrogens is 160 g/mol. The Morgan fingerprint density at radius 1 is 1.46 bits per heavy atom. The maximum absolute atomic E-state index is 3.74. The van der Waals surface area contributed by atoms with Gasteiger partial charge in [-0.05, 0) is 51.7 Å². The molecule has 1 unspecified atom stereocenters. The van der Waals surface area contributed by atoms with Crippen LogP contribution in [0.25, 0.3) is 0 Å². The number of hydrogen-bond donors (Lipinski definition) is 1. The lowest BCUT2D eigenvalue weighted by atomic mass is 9.95. The molecule has 1 atom stereocenters. The van der Waals surface area contributed by atoms with Gasteiger partial charge in [-0.25, -0.2) is 0 Å². The van der Waals surface area contributed by atoms with Crippen LogP contribution < -0.4 is 5.32 Å². The molecule has 1 aliphatic carbocycles. The van der Waals surface area contributed by atoms with E-state index in [0.717, 1.165) is 5.92 Å². The summed E-state index contributed by atoms with van der Waals surface area (Å²) < 4.78 is 0. The van der Waals surface area contributed by atoms with Crippen LogP contribution in [0.2, 0.25) is 0 Å². The minimum atomic E-state index is 0.423. The summed E-state index contributed by atoms with van der Waals surface area (Å²) in [5, 5.41) is 3.74. The van der Waals surface area contributed by atoms with E-state index in [2.05, 4.69) is 24.1 Å². The Labute approximate surface area is 81.7 Å². The Morgan fingerprint density at radius 2 is 2.23 bits per heavy atom. The molecule has 2 heteroatoms. The van der Waals surface area contributed by atoms with Crippen LogP contribution in [0.1, 0.15) is 33.1 Å². The zero-order valence-corrected chi connectivity index (χ0v) is 8.97. The third-order valence-corrected chi connectivity index (χ3v) is 3.66. The van der Waals surface area contributed by atoms with Gasteiger partial charge in [0.05, 0.1) is 0 Å². The molecule has 1 N–H and O–H groups in total. The molecule has 0 aromatic rings. The van der Waals surface area contributed by atoms with E-state index in [1.807, 2.05) is 0 Å². The van der Waals surface area contributed by atoms with Crippen molar-refractivity contribution in [3.8, 4) is 0 Å². The standard InChI is InChI=1S/C11H22N2/c1-3-13-8-4-7-12-11(2,9-13)10-5-6-10/h10,12H,3-9H2,1-2H3. The van der Waals surface area contributed by atoms with Gasteiger partial charge in [0, 0.05) is 12.1 Å². The summed E-state index contributed by atoms with van der Waals surface area (Å²) in [6.45, 7) is 9.66. The van der Waals surface area contributed by atoms with Crippen molar-refractivity contribution in [1.29, 1.82) is 0 Å². The molecule has 1 saturated carbocycles. The third kappa shape index (κ3) is 2.05. The first-order chi connectivity index (χ1) is 6.24. The molecule has 0 spiro atoms. The molecule has 76 valence electrons. The summed E-state index contributed by atoms with van der Waals surface area (Å²) >= 11 is 0. The fourth-order valence-corrected chi connectivity index (χ4v) is 2.54. The molecule has 2 nitrogen and oxygen atoms in total. The molecule has 0 amide bonds. The molecule has 13 heavy (non-hydrogen) atoms. The first-order valence-electron chi connectivity index (χ1n) is 5.72. The zero-order chi connectivity index (χ0) is 9.31. The largest absolute Gasteiger partial charge is 0.310 e. The molecule has 2 fully saturated rings. The van der Waals surface area contributed by atoms with E-state index in [9.17, 15) is 0 Å². The lowest BCUT2D eigenvalue weighted by Gasteiger charge is -2.33. The normalized spacial score (nSPS) is 37.4. The highest BCUT2D eigenvalue weighted by Gasteiger charge is 2.42. The van der Waals surface area contributed by atoms with Crippen LogP contribution in [0, 0.1) is 5.92 Å². The van der Waals surface area contributed by atoms with Gasteiger partial charge in [0.1, 0.15) is 0 Å². The minimum Gasteiger partial charge on any atom is -0.310 e. The SMILES string of the molecule is CCN1CCCNC(C)(C2CC2)C1. The molecule has 0 radical (unpaired) electrons. The molecule has 1 saturated heterocycles.